The van der Waals surface area contributed by atoms with Crippen LogP contribution in [0.5, 0.6) is 5.75 Å². The second-order valence-electron chi connectivity index (χ2n) is 4.59. The molecule has 0 heterocycles. The van der Waals surface area contributed by atoms with Crippen molar-refractivity contribution in [3.8, 4) is 5.75 Å². The Balaban J connectivity index is 1.86. The van der Waals surface area contributed by atoms with Crippen molar-refractivity contribution in [3.05, 3.63) is 59.7 Å². The molecule has 22 heavy (non-hydrogen) atoms. The molecule has 0 N–H and O–H groups in total. The minimum absolute atomic E-state index is 0.224. The fraction of sp³-hybridized carbons (Fsp3) is 0.176. The summed E-state index contributed by atoms with van der Waals surface area (Å²) in [5, 5.41) is 0. The van der Waals surface area contributed by atoms with Crippen LogP contribution in [0.3, 0.4) is 0 Å². The molecule has 114 valence electrons. The first-order chi connectivity index (χ1) is 10.6. The van der Waals surface area contributed by atoms with Crippen LogP contribution in [0.15, 0.2) is 53.4 Å². The summed E-state index contributed by atoms with van der Waals surface area (Å²) in [7, 11) is 1.32. The Labute approximate surface area is 133 Å². The number of ether oxygens (including phenoxy) is 2. The quantitative estimate of drug-likeness (QED) is 0.480. The van der Waals surface area contributed by atoms with Crippen molar-refractivity contribution in [2.75, 3.05) is 12.9 Å². The molecule has 0 aromatic heterocycles. The van der Waals surface area contributed by atoms with E-state index in [4.69, 9.17) is 4.74 Å². The van der Waals surface area contributed by atoms with E-state index < -0.39 is 5.97 Å². The Morgan fingerprint density at radius 1 is 1.00 bits per heavy atom. The highest BCUT2D eigenvalue weighted by Crippen LogP contribution is 2.19. The minimum atomic E-state index is -0.423. The van der Waals surface area contributed by atoms with Crippen LogP contribution >= 0.6 is 11.8 Å². The summed E-state index contributed by atoms with van der Waals surface area (Å²) in [6, 6.07) is 14.2. The van der Waals surface area contributed by atoms with Gasteiger partial charge in [0.2, 0.25) is 0 Å². The molecule has 0 atom stereocenters. The number of esters is 2. The largest absolute Gasteiger partial charge is 0.465 e. The maximum Gasteiger partial charge on any atom is 0.337 e. The van der Waals surface area contributed by atoms with Gasteiger partial charge in [-0.2, -0.15) is 0 Å². The van der Waals surface area contributed by atoms with Gasteiger partial charge in [0.05, 0.1) is 18.4 Å². The van der Waals surface area contributed by atoms with Crippen LogP contribution in [0.2, 0.25) is 0 Å². The van der Waals surface area contributed by atoms with Crippen LogP contribution in [0.1, 0.15) is 15.9 Å². The molecule has 2 rings (SSSR count). The lowest BCUT2D eigenvalue weighted by Gasteiger charge is -2.05. The number of aryl methyl sites for hydroxylation is 1. The number of hydrogen-bond acceptors (Lipinski definition) is 5. The first-order valence-corrected chi connectivity index (χ1v) is 7.65. The second-order valence-corrected chi connectivity index (χ2v) is 5.64. The topological polar surface area (TPSA) is 52.6 Å². The van der Waals surface area contributed by atoms with Gasteiger partial charge in [-0.25, -0.2) is 4.79 Å². The van der Waals surface area contributed by atoms with Crippen LogP contribution in [0.4, 0.5) is 0 Å². The van der Waals surface area contributed by atoms with Gasteiger partial charge in [0.1, 0.15) is 5.75 Å². The van der Waals surface area contributed by atoms with Gasteiger partial charge in [-0.3, -0.25) is 4.79 Å². The number of carbonyl (C=O) groups excluding carboxylic acids is 2. The first-order valence-electron chi connectivity index (χ1n) is 6.67. The van der Waals surface area contributed by atoms with E-state index >= 15 is 0 Å². The van der Waals surface area contributed by atoms with Crippen molar-refractivity contribution in [1.29, 1.82) is 0 Å². The Morgan fingerprint density at radius 2 is 1.64 bits per heavy atom. The normalized spacial score (nSPS) is 10.1. The lowest BCUT2D eigenvalue weighted by Crippen LogP contribution is -2.10. The van der Waals surface area contributed by atoms with Gasteiger partial charge in [0, 0.05) is 4.90 Å². The van der Waals surface area contributed by atoms with E-state index in [1.165, 1.54) is 24.4 Å². The van der Waals surface area contributed by atoms with Crippen molar-refractivity contribution in [1.82, 2.24) is 0 Å². The summed E-state index contributed by atoms with van der Waals surface area (Å²) < 4.78 is 9.82. The molecule has 0 saturated carbocycles. The highest BCUT2D eigenvalue weighted by molar-refractivity contribution is 8.00. The zero-order valence-electron chi connectivity index (χ0n) is 12.4. The molecule has 0 bridgehead atoms. The Morgan fingerprint density at radius 3 is 2.23 bits per heavy atom. The number of methoxy groups -OCH3 is 1. The zero-order valence-corrected chi connectivity index (χ0v) is 13.2. The van der Waals surface area contributed by atoms with Crippen molar-refractivity contribution in [2.45, 2.75) is 11.8 Å². The molecule has 0 aliphatic carbocycles. The molecule has 0 aliphatic heterocycles. The molecule has 0 fully saturated rings. The van der Waals surface area contributed by atoms with E-state index in [1.54, 1.807) is 24.3 Å². The highest BCUT2D eigenvalue weighted by atomic mass is 32.2. The smallest absolute Gasteiger partial charge is 0.337 e. The van der Waals surface area contributed by atoms with E-state index in [0.717, 1.165) is 4.90 Å². The maximum atomic E-state index is 11.8. The number of benzene rings is 2. The van der Waals surface area contributed by atoms with E-state index in [-0.39, 0.29) is 11.7 Å². The van der Waals surface area contributed by atoms with Gasteiger partial charge in [-0.1, -0.05) is 17.7 Å². The van der Waals surface area contributed by atoms with E-state index in [2.05, 4.69) is 4.74 Å². The predicted molar refractivity (Wildman–Crippen MR) is 85.3 cm³/mol. The summed E-state index contributed by atoms with van der Waals surface area (Å²) in [5.41, 5.74) is 1.59. The SMILES string of the molecule is COC(=O)c1ccc(OC(=O)CSc2ccc(C)cc2)cc1. The molecular weight excluding hydrogens is 300 g/mol. The zero-order chi connectivity index (χ0) is 15.9. The fourth-order valence-electron chi connectivity index (χ4n) is 1.71. The molecule has 0 amide bonds. The molecule has 2 aromatic carbocycles. The Bertz CT molecular complexity index is 647. The van der Waals surface area contributed by atoms with Gasteiger partial charge >= 0.3 is 11.9 Å². The van der Waals surface area contributed by atoms with Crippen LogP contribution in [0.25, 0.3) is 0 Å². The Kier molecular flexibility index (Phi) is 5.61. The van der Waals surface area contributed by atoms with Gasteiger partial charge < -0.3 is 9.47 Å². The second kappa shape index (κ2) is 7.66. The molecular formula is C17H16O4S. The number of thioether (sulfide) groups is 1. The average Bonchev–Trinajstić information content (AvgIpc) is 2.54. The number of rotatable bonds is 5. The van der Waals surface area contributed by atoms with Gasteiger partial charge in [0.15, 0.2) is 0 Å². The molecule has 0 unspecified atom stereocenters. The molecule has 0 spiro atoms. The summed E-state index contributed by atoms with van der Waals surface area (Å²) >= 11 is 1.42. The summed E-state index contributed by atoms with van der Waals surface area (Å²) in [6.45, 7) is 2.01. The molecule has 0 radical (unpaired) electrons. The molecule has 5 heteroatoms. The van der Waals surface area contributed by atoms with E-state index in [0.29, 0.717) is 11.3 Å². The fourth-order valence-corrected chi connectivity index (χ4v) is 2.39. The third-order valence-corrected chi connectivity index (χ3v) is 3.87. The average molecular weight is 316 g/mol. The molecule has 2 aromatic rings. The number of hydrogen-bond donors (Lipinski definition) is 0. The third kappa shape index (κ3) is 4.63. The molecule has 4 nitrogen and oxygen atoms in total. The summed E-state index contributed by atoms with van der Waals surface area (Å²) in [4.78, 5) is 24.1. The third-order valence-electron chi connectivity index (χ3n) is 2.88. The van der Waals surface area contributed by atoms with Gasteiger partial charge in [0.25, 0.3) is 0 Å². The lowest BCUT2D eigenvalue weighted by molar-refractivity contribution is -0.131. The van der Waals surface area contributed by atoms with E-state index in [9.17, 15) is 9.59 Å². The standard InChI is InChI=1S/C17H16O4S/c1-12-3-9-15(10-4-12)22-11-16(18)21-14-7-5-13(6-8-14)17(19)20-2/h3-10H,11H2,1-2H3. The first kappa shape index (κ1) is 16.1. The monoisotopic (exact) mass is 316 g/mol. The van der Waals surface area contributed by atoms with Crippen molar-refractivity contribution >= 4 is 23.7 Å². The lowest BCUT2D eigenvalue weighted by atomic mass is 10.2. The van der Waals surface area contributed by atoms with Crippen LogP contribution in [0, 0.1) is 6.92 Å². The number of carbonyl (C=O) groups is 2. The van der Waals surface area contributed by atoms with E-state index in [1.807, 2.05) is 31.2 Å². The van der Waals surface area contributed by atoms with Crippen LogP contribution in [-0.4, -0.2) is 24.8 Å². The molecule has 0 saturated heterocycles. The summed E-state index contributed by atoms with van der Waals surface area (Å²) in [6.07, 6.45) is 0. The van der Waals surface area contributed by atoms with Crippen molar-refractivity contribution < 1.29 is 19.1 Å². The molecule has 0 aliphatic rings. The highest BCUT2D eigenvalue weighted by Gasteiger charge is 2.08. The van der Waals surface area contributed by atoms with Crippen LogP contribution in [-0.2, 0) is 9.53 Å². The predicted octanol–water partition coefficient (Wildman–Crippen LogP) is 3.48. The van der Waals surface area contributed by atoms with Crippen LogP contribution < -0.4 is 4.74 Å². The van der Waals surface area contributed by atoms with Gasteiger partial charge in [-0.15, -0.1) is 11.8 Å². The maximum absolute atomic E-state index is 11.8. The van der Waals surface area contributed by atoms with Gasteiger partial charge in [-0.05, 0) is 43.3 Å². The minimum Gasteiger partial charge on any atom is -0.465 e. The van der Waals surface area contributed by atoms with Crippen molar-refractivity contribution in [2.24, 2.45) is 0 Å². The summed E-state index contributed by atoms with van der Waals surface area (Å²) in [5.74, 6) is -0.131. The van der Waals surface area contributed by atoms with Crippen molar-refractivity contribution in [3.63, 3.8) is 0 Å². The Hall–Kier alpha value is -2.27.